The second kappa shape index (κ2) is 9.85. The Hall–Kier alpha value is -2.92. The molecule has 1 aromatic heterocycles. The van der Waals surface area contributed by atoms with E-state index in [4.69, 9.17) is 16.3 Å². The van der Waals surface area contributed by atoms with E-state index in [1.807, 2.05) is 0 Å². The molecule has 1 atom stereocenters. The number of amides is 2. The highest BCUT2D eigenvalue weighted by Crippen LogP contribution is 2.52. The molecule has 2 amide bonds. The number of hydrogen-bond donors (Lipinski definition) is 3. The zero-order valence-electron chi connectivity index (χ0n) is 19.0. The summed E-state index contributed by atoms with van der Waals surface area (Å²) in [7, 11) is 0. The minimum absolute atomic E-state index is 0.0423. The Morgan fingerprint density at radius 1 is 1.17 bits per heavy atom. The normalized spacial score (nSPS) is 25.3. The highest BCUT2D eigenvalue weighted by Gasteiger charge is 2.57. The van der Waals surface area contributed by atoms with Gasteiger partial charge in [0.15, 0.2) is 6.61 Å². The van der Waals surface area contributed by atoms with Gasteiger partial charge in [0, 0.05) is 12.3 Å². The van der Waals surface area contributed by atoms with Gasteiger partial charge >= 0.3 is 6.18 Å². The Kier molecular flexibility index (Phi) is 7.16. The summed E-state index contributed by atoms with van der Waals surface area (Å²) in [4.78, 5) is 29.2. The molecule has 3 fully saturated rings. The second-order valence-electron chi connectivity index (χ2n) is 9.29. The average molecular weight is 530 g/mol. The zero-order valence-corrected chi connectivity index (χ0v) is 19.8. The van der Waals surface area contributed by atoms with Crippen LogP contribution in [0.4, 0.5) is 17.6 Å². The van der Waals surface area contributed by atoms with Crippen LogP contribution in [0.15, 0.2) is 36.5 Å². The van der Waals surface area contributed by atoms with E-state index in [0.29, 0.717) is 25.7 Å². The van der Waals surface area contributed by atoms with E-state index in [2.05, 4.69) is 15.6 Å². The highest BCUT2D eigenvalue weighted by atomic mass is 35.5. The molecule has 3 saturated carbocycles. The molecule has 5 rings (SSSR count). The lowest BCUT2D eigenvalue weighted by Crippen LogP contribution is -2.67. The molecule has 2 bridgehead atoms. The number of aliphatic hydroxyl groups is 1. The van der Waals surface area contributed by atoms with Crippen molar-refractivity contribution >= 4 is 23.4 Å². The fourth-order valence-electron chi connectivity index (χ4n) is 4.89. The van der Waals surface area contributed by atoms with E-state index < -0.39 is 40.5 Å². The van der Waals surface area contributed by atoms with Gasteiger partial charge in [0.2, 0.25) is 5.91 Å². The van der Waals surface area contributed by atoms with E-state index in [-0.39, 0.29) is 41.9 Å². The molecule has 1 heterocycles. The highest BCUT2D eigenvalue weighted by molar-refractivity contribution is 6.30. The van der Waals surface area contributed by atoms with Gasteiger partial charge in [-0.25, -0.2) is 4.39 Å². The summed E-state index contributed by atoms with van der Waals surface area (Å²) in [5.74, 6) is -1.34. The van der Waals surface area contributed by atoms with Crippen LogP contribution in [0.3, 0.4) is 0 Å². The van der Waals surface area contributed by atoms with Gasteiger partial charge in [0.1, 0.15) is 11.6 Å². The van der Waals surface area contributed by atoms with Gasteiger partial charge in [-0.05, 0) is 56.4 Å². The number of carbonyl (C=O) groups excluding carboxylic acids is 2. The lowest BCUT2D eigenvalue weighted by Gasteiger charge is -2.55. The Morgan fingerprint density at radius 2 is 1.89 bits per heavy atom. The topological polar surface area (TPSA) is 101 Å². The second-order valence-corrected chi connectivity index (χ2v) is 9.70. The molecular formula is C24H24ClF4N3O4. The number of rotatable bonds is 7. The van der Waals surface area contributed by atoms with Gasteiger partial charge in [0.25, 0.3) is 5.91 Å². The molecule has 3 aliphatic carbocycles. The van der Waals surface area contributed by atoms with Crippen molar-refractivity contribution in [3.63, 3.8) is 0 Å². The number of aromatic nitrogens is 1. The molecule has 194 valence electrons. The molecule has 12 heteroatoms. The van der Waals surface area contributed by atoms with Gasteiger partial charge in [-0.3, -0.25) is 14.6 Å². The first-order valence-electron chi connectivity index (χ1n) is 11.3. The third-order valence-corrected chi connectivity index (χ3v) is 7.34. The largest absolute Gasteiger partial charge is 0.484 e. The lowest BCUT2D eigenvalue weighted by molar-refractivity contribution is -0.151. The van der Waals surface area contributed by atoms with Gasteiger partial charge in [-0.1, -0.05) is 11.6 Å². The van der Waals surface area contributed by atoms with Crippen molar-refractivity contribution in [2.75, 3.05) is 6.61 Å². The third-order valence-electron chi connectivity index (χ3n) is 7.03. The summed E-state index contributed by atoms with van der Waals surface area (Å²) in [6.07, 6.45) is -3.07. The molecule has 0 saturated heterocycles. The first-order chi connectivity index (χ1) is 16.9. The fraction of sp³-hybridized carbons (Fsp3) is 0.458. The molecule has 0 unspecified atom stereocenters. The number of pyridine rings is 1. The molecular weight excluding hydrogens is 506 g/mol. The Balaban J connectivity index is 1.30. The summed E-state index contributed by atoms with van der Waals surface area (Å²) >= 11 is 5.63. The van der Waals surface area contributed by atoms with Crippen molar-refractivity contribution in [2.24, 2.45) is 5.41 Å². The smallest absolute Gasteiger partial charge is 0.417 e. The number of nitrogens with one attached hydrogen (secondary N) is 2. The van der Waals surface area contributed by atoms with E-state index >= 15 is 0 Å². The summed E-state index contributed by atoms with van der Waals surface area (Å²) in [5.41, 5.74) is -2.33. The van der Waals surface area contributed by atoms with Crippen LogP contribution in [0, 0.1) is 11.2 Å². The number of ether oxygens (including phenoxy) is 1. The predicted molar refractivity (Wildman–Crippen MR) is 120 cm³/mol. The van der Waals surface area contributed by atoms with Crippen LogP contribution in [0.2, 0.25) is 5.02 Å². The first-order valence-corrected chi connectivity index (χ1v) is 11.7. The fourth-order valence-corrected chi connectivity index (χ4v) is 5.01. The number of nitrogens with zero attached hydrogens (tertiary/aromatic N) is 1. The Labute approximate surface area is 209 Å². The molecule has 7 nitrogen and oxygen atoms in total. The summed E-state index contributed by atoms with van der Waals surface area (Å²) < 4.78 is 56.9. The molecule has 0 aliphatic heterocycles. The molecule has 0 spiro atoms. The summed E-state index contributed by atoms with van der Waals surface area (Å²) in [6.45, 7) is -0.430. The summed E-state index contributed by atoms with van der Waals surface area (Å²) in [6, 6.07) is 5.92. The minimum Gasteiger partial charge on any atom is -0.484 e. The molecule has 36 heavy (non-hydrogen) atoms. The Morgan fingerprint density at radius 3 is 2.47 bits per heavy atom. The maximum Gasteiger partial charge on any atom is 0.417 e. The Bertz CT molecular complexity index is 1140. The first kappa shape index (κ1) is 26.2. The van der Waals surface area contributed by atoms with Crippen molar-refractivity contribution in [2.45, 2.75) is 56.5 Å². The van der Waals surface area contributed by atoms with Crippen molar-refractivity contribution in [3.8, 4) is 5.75 Å². The molecule has 2 aromatic rings. The standard InChI is InChI=1S/C24H24ClF4N3O4/c25-17-4-3-16(9-18(17)26)36-13-20(34)32-23-7-5-22(6-8-23,10-19(23)33)21(35)31-12-15-2-1-14(11-30-15)24(27,28)29/h1-4,9,11,19,33H,5-8,10,12-13H2,(H,31,35)(H,32,34)/t19-,22?,23?/m1/s1. The van der Waals surface area contributed by atoms with Crippen molar-refractivity contribution in [1.82, 2.24) is 15.6 Å². The maximum absolute atomic E-state index is 13.5. The third kappa shape index (κ3) is 5.41. The number of aliphatic hydroxyl groups excluding tert-OH is 1. The monoisotopic (exact) mass is 529 g/mol. The van der Waals surface area contributed by atoms with Gasteiger partial charge in [-0.15, -0.1) is 0 Å². The van der Waals surface area contributed by atoms with Crippen LogP contribution in [0.1, 0.15) is 43.4 Å². The number of hydrogen-bond acceptors (Lipinski definition) is 5. The van der Waals surface area contributed by atoms with Gasteiger partial charge in [0.05, 0.1) is 39.9 Å². The van der Waals surface area contributed by atoms with E-state index in [1.54, 1.807) is 0 Å². The van der Waals surface area contributed by atoms with Crippen molar-refractivity contribution in [1.29, 1.82) is 0 Å². The predicted octanol–water partition coefficient (Wildman–Crippen LogP) is 3.77. The van der Waals surface area contributed by atoms with Crippen LogP contribution < -0.4 is 15.4 Å². The minimum atomic E-state index is -4.49. The van der Waals surface area contributed by atoms with E-state index in [0.717, 1.165) is 18.3 Å². The van der Waals surface area contributed by atoms with Crippen LogP contribution in [-0.2, 0) is 22.3 Å². The summed E-state index contributed by atoms with van der Waals surface area (Å²) in [5, 5.41) is 16.3. The van der Waals surface area contributed by atoms with Crippen LogP contribution in [0.25, 0.3) is 0 Å². The van der Waals surface area contributed by atoms with Gasteiger partial charge < -0.3 is 20.5 Å². The maximum atomic E-state index is 13.5. The number of alkyl halides is 3. The SMILES string of the molecule is O=C(COc1ccc(Cl)c(F)c1)NC12CCC(C(=O)NCc3ccc(C(F)(F)F)cn3)(CC1)C[C@H]2O. The van der Waals surface area contributed by atoms with Crippen LogP contribution >= 0.6 is 11.6 Å². The average Bonchev–Trinajstić information content (AvgIpc) is 2.84. The van der Waals surface area contributed by atoms with Crippen LogP contribution in [-0.4, -0.2) is 40.2 Å². The number of benzene rings is 1. The number of carbonyl (C=O) groups is 2. The molecule has 3 N–H and O–H groups in total. The lowest BCUT2D eigenvalue weighted by atomic mass is 9.55. The molecule has 1 aromatic carbocycles. The van der Waals surface area contributed by atoms with Crippen LogP contribution in [0.5, 0.6) is 5.75 Å². The molecule has 0 radical (unpaired) electrons. The molecule has 3 aliphatic rings. The van der Waals surface area contributed by atoms with Gasteiger partial charge in [-0.2, -0.15) is 13.2 Å². The zero-order chi connectivity index (χ0) is 26.1. The van der Waals surface area contributed by atoms with E-state index in [9.17, 15) is 32.3 Å². The quantitative estimate of drug-likeness (QED) is 0.474. The van der Waals surface area contributed by atoms with Crippen molar-refractivity contribution in [3.05, 3.63) is 58.6 Å². The number of fused-ring (bicyclic) bond motifs is 3. The van der Waals surface area contributed by atoms with Crippen molar-refractivity contribution < 1.29 is 37.0 Å². The van der Waals surface area contributed by atoms with E-state index in [1.165, 1.54) is 18.2 Å². The number of halogens is 5.